The van der Waals surface area contributed by atoms with E-state index < -0.39 is 0 Å². The van der Waals surface area contributed by atoms with Crippen LogP contribution in [0.2, 0.25) is 0 Å². The van der Waals surface area contributed by atoms with Gasteiger partial charge in [-0.25, -0.2) is 9.97 Å². The molecule has 0 bridgehead atoms. The van der Waals surface area contributed by atoms with E-state index in [0.717, 1.165) is 12.4 Å². The SMILES string of the molecule is COc1ncccc1C(=O)N1CCN(C)C(c2ncc[nH]2)C1. The Morgan fingerprint density at radius 2 is 2.23 bits per heavy atom. The zero-order chi connectivity index (χ0) is 15.5. The van der Waals surface area contributed by atoms with Gasteiger partial charge >= 0.3 is 0 Å². The van der Waals surface area contributed by atoms with Gasteiger partial charge in [0, 0.05) is 38.2 Å². The van der Waals surface area contributed by atoms with E-state index in [1.54, 1.807) is 30.7 Å². The van der Waals surface area contributed by atoms with E-state index in [4.69, 9.17) is 4.74 Å². The second-order valence-electron chi connectivity index (χ2n) is 5.28. The van der Waals surface area contributed by atoms with Crippen LogP contribution in [0.3, 0.4) is 0 Å². The minimum absolute atomic E-state index is 0.0605. The Labute approximate surface area is 128 Å². The van der Waals surface area contributed by atoms with Crippen LogP contribution in [0.5, 0.6) is 5.88 Å². The van der Waals surface area contributed by atoms with Crippen LogP contribution in [0.1, 0.15) is 22.2 Å². The Hall–Kier alpha value is -2.41. The Morgan fingerprint density at radius 3 is 2.95 bits per heavy atom. The number of hydrogen-bond acceptors (Lipinski definition) is 5. The predicted octanol–water partition coefficient (Wildman–Crippen LogP) is 0.942. The summed E-state index contributed by atoms with van der Waals surface area (Å²) in [6.45, 7) is 2.05. The molecule has 1 saturated heterocycles. The van der Waals surface area contributed by atoms with E-state index >= 15 is 0 Å². The highest BCUT2D eigenvalue weighted by Crippen LogP contribution is 2.24. The van der Waals surface area contributed by atoms with Crippen molar-refractivity contribution in [2.24, 2.45) is 0 Å². The Balaban J connectivity index is 1.81. The molecule has 7 heteroatoms. The third-order valence-corrected chi connectivity index (χ3v) is 3.97. The second-order valence-corrected chi connectivity index (χ2v) is 5.28. The fraction of sp³-hybridized carbons (Fsp3) is 0.400. The lowest BCUT2D eigenvalue weighted by atomic mass is 10.1. The molecule has 3 rings (SSSR count). The number of rotatable bonds is 3. The van der Waals surface area contributed by atoms with E-state index in [2.05, 4.69) is 19.9 Å². The van der Waals surface area contributed by atoms with Crippen molar-refractivity contribution in [2.75, 3.05) is 33.8 Å². The smallest absolute Gasteiger partial charge is 0.259 e. The third-order valence-electron chi connectivity index (χ3n) is 3.97. The average Bonchev–Trinajstić information content (AvgIpc) is 3.09. The summed E-state index contributed by atoms with van der Waals surface area (Å²) in [5.41, 5.74) is 0.493. The van der Waals surface area contributed by atoms with Gasteiger partial charge in [-0.05, 0) is 19.2 Å². The first-order chi connectivity index (χ1) is 10.7. The van der Waals surface area contributed by atoms with Gasteiger partial charge in [0.05, 0.1) is 13.2 Å². The minimum Gasteiger partial charge on any atom is -0.480 e. The molecular formula is C15H19N5O2. The summed E-state index contributed by atoms with van der Waals surface area (Å²) in [6.07, 6.45) is 5.15. The monoisotopic (exact) mass is 301 g/mol. The molecule has 1 unspecified atom stereocenters. The number of ether oxygens (including phenoxy) is 1. The topological polar surface area (TPSA) is 74.3 Å². The summed E-state index contributed by atoms with van der Waals surface area (Å²) in [6, 6.07) is 3.56. The van der Waals surface area contributed by atoms with Crippen molar-refractivity contribution in [2.45, 2.75) is 6.04 Å². The number of carbonyl (C=O) groups is 1. The molecule has 1 amide bonds. The van der Waals surface area contributed by atoms with Crippen molar-refractivity contribution in [1.29, 1.82) is 0 Å². The number of aromatic amines is 1. The molecule has 7 nitrogen and oxygen atoms in total. The molecule has 1 N–H and O–H groups in total. The van der Waals surface area contributed by atoms with Gasteiger partial charge in [0.15, 0.2) is 0 Å². The number of nitrogens with one attached hydrogen (secondary N) is 1. The van der Waals surface area contributed by atoms with Crippen molar-refractivity contribution in [3.05, 3.63) is 42.1 Å². The van der Waals surface area contributed by atoms with Gasteiger partial charge in [-0.1, -0.05) is 0 Å². The van der Waals surface area contributed by atoms with E-state index in [-0.39, 0.29) is 11.9 Å². The quantitative estimate of drug-likeness (QED) is 0.913. The minimum atomic E-state index is -0.0605. The molecule has 1 atom stereocenters. The summed E-state index contributed by atoms with van der Waals surface area (Å²) >= 11 is 0. The first-order valence-electron chi connectivity index (χ1n) is 7.18. The van der Waals surface area contributed by atoms with Gasteiger partial charge < -0.3 is 14.6 Å². The lowest BCUT2D eigenvalue weighted by molar-refractivity contribution is 0.0531. The highest BCUT2D eigenvalue weighted by atomic mass is 16.5. The summed E-state index contributed by atoms with van der Waals surface area (Å²) in [4.78, 5) is 28.3. The molecule has 2 aromatic rings. The molecule has 1 fully saturated rings. The second kappa shape index (κ2) is 6.15. The van der Waals surface area contributed by atoms with Gasteiger partial charge in [-0.2, -0.15) is 0 Å². The molecule has 3 heterocycles. The van der Waals surface area contributed by atoms with Gasteiger partial charge in [0.1, 0.15) is 11.4 Å². The molecule has 0 aromatic carbocycles. The van der Waals surface area contributed by atoms with E-state index in [9.17, 15) is 4.79 Å². The predicted molar refractivity (Wildman–Crippen MR) is 80.7 cm³/mol. The first-order valence-corrected chi connectivity index (χ1v) is 7.18. The zero-order valence-electron chi connectivity index (χ0n) is 12.7. The van der Waals surface area contributed by atoms with Crippen LogP contribution in [0.4, 0.5) is 0 Å². The van der Waals surface area contributed by atoms with Crippen LogP contribution in [-0.4, -0.2) is 64.5 Å². The lowest BCUT2D eigenvalue weighted by Crippen LogP contribution is -2.49. The molecule has 116 valence electrons. The van der Waals surface area contributed by atoms with Crippen molar-refractivity contribution >= 4 is 5.91 Å². The zero-order valence-corrected chi connectivity index (χ0v) is 12.7. The fourth-order valence-corrected chi connectivity index (χ4v) is 2.70. The molecule has 0 spiro atoms. The lowest BCUT2D eigenvalue weighted by Gasteiger charge is -2.38. The number of likely N-dealkylation sites (N-methyl/N-ethyl adjacent to an activating group) is 1. The molecule has 0 radical (unpaired) electrons. The highest BCUT2D eigenvalue weighted by Gasteiger charge is 2.31. The van der Waals surface area contributed by atoms with Crippen LogP contribution in [0.15, 0.2) is 30.7 Å². The first kappa shape index (κ1) is 14.5. The highest BCUT2D eigenvalue weighted by molar-refractivity contribution is 5.96. The summed E-state index contributed by atoms with van der Waals surface area (Å²) in [5.74, 6) is 1.17. The molecular weight excluding hydrogens is 282 g/mol. The number of aromatic nitrogens is 3. The maximum atomic E-state index is 12.8. The number of hydrogen-bond donors (Lipinski definition) is 1. The van der Waals surface area contributed by atoms with Gasteiger partial charge in [-0.3, -0.25) is 9.69 Å². The molecule has 22 heavy (non-hydrogen) atoms. The van der Waals surface area contributed by atoms with E-state index in [1.165, 1.54) is 7.11 Å². The molecule has 1 aliphatic heterocycles. The van der Waals surface area contributed by atoms with E-state index in [0.29, 0.717) is 24.5 Å². The molecule has 0 aliphatic carbocycles. The summed E-state index contributed by atoms with van der Waals surface area (Å²) in [5, 5.41) is 0. The average molecular weight is 301 g/mol. The largest absolute Gasteiger partial charge is 0.480 e. The number of methoxy groups -OCH3 is 1. The molecule has 0 saturated carbocycles. The van der Waals surface area contributed by atoms with E-state index in [1.807, 2.05) is 11.9 Å². The Kier molecular flexibility index (Phi) is 4.06. The van der Waals surface area contributed by atoms with Crippen LogP contribution >= 0.6 is 0 Å². The standard InChI is InChI=1S/C15H19N5O2/c1-19-8-9-20(10-12(19)13-16-6-7-17-13)15(21)11-4-3-5-18-14(11)22-2/h3-7,12H,8-10H2,1-2H3,(H,16,17). The maximum Gasteiger partial charge on any atom is 0.259 e. The number of carbonyl (C=O) groups excluding carboxylic acids is 1. The molecule has 2 aromatic heterocycles. The van der Waals surface area contributed by atoms with Crippen LogP contribution in [0, 0.1) is 0 Å². The number of imidazole rings is 1. The Bertz CT molecular complexity index is 643. The van der Waals surface area contributed by atoms with Crippen molar-refractivity contribution in [1.82, 2.24) is 24.8 Å². The summed E-state index contributed by atoms with van der Waals surface area (Å²) < 4.78 is 5.19. The van der Waals surface area contributed by atoms with Crippen molar-refractivity contribution < 1.29 is 9.53 Å². The van der Waals surface area contributed by atoms with Crippen LogP contribution in [-0.2, 0) is 0 Å². The number of pyridine rings is 1. The normalized spacial score (nSPS) is 19.2. The number of H-pyrrole nitrogens is 1. The number of amides is 1. The van der Waals surface area contributed by atoms with Gasteiger partial charge in [0.2, 0.25) is 5.88 Å². The number of nitrogens with zero attached hydrogens (tertiary/aromatic N) is 4. The van der Waals surface area contributed by atoms with Crippen molar-refractivity contribution in [3.8, 4) is 5.88 Å². The van der Waals surface area contributed by atoms with Crippen molar-refractivity contribution in [3.63, 3.8) is 0 Å². The summed E-state index contributed by atoms with van der Waals surface area (Å²) in [7, 11) is 3.56. The fourth-order valence-electron chi connectivity index (χ4n) is 2.70. The van der Waals surface area contributed by atoms with Crippen LogP contribution < -0.4 is 4.74 Å². The van der Waals surface area contributed by atoms with Gasteiger partial charge in [-0.15, -0.1) is 0 Å². The van der Waals surface area contributed by atoms with Crippen LogP contribution in [0.25, 0.3) is 0 Å². The third kappa shape index (κ3) is 2.67. The number of piperazine rings is 1. The molecule has 1 aliphatic rings. The maximum absolute atomic E-state index is 12.8. The Morgan fingerprint density at radius 1 is 1.36 bits per heavy atom. The van der Waals surface area contributed by atoms with Gasteiger partial charge in [0.25, 0.3) is 5.91 Å².